The van der Waals surface area contributed by atoms with Crippen LogP contribution >= 0.6 is 0 Å². The van der Waals surface area contributed by atoms with Gasteiger partial charge in [0, 0.05) is 12.6 Å². The van der Waals surface area contributed by atoms with Crippen LogP contribution in [0.5, 0.6) is 0 Å². The van der Waals surface area contributed by atoms with Crippen LogP contribution in [-0.4, -0.2) is 23.8 Å². The summed E-state index contributed by atoms with van der Waals surface area (Å²) in [6, 6.07) is 0.664. The summed E-state index contributed by atoms with van der Waals surface area (Å²) in [6.07, 6.45) is 6.46. The van der Waals surface area contributed by atoms with Crippen molar-refractivity contribution in [2.75, 3.05) is 6.54 Å². The van der Waals surface area contributed by atoms with Crippen LogP contribution in [0.3, 0.4) is 0 Å². The number of hydrogen-bond donors (Lipinski definition) is 2. The predicted molar refractivity (Wildman–Crippen MR) is 55.7 cm³/mol. The Morgan fingerprint density at radius 2 is 1.92 bits per heavy atom. The molecule has 0 spiro atoms. The largest absolute Gasteiger partial charge is 0.392 e. The van der Waals surface area contributed by atoms with Crippen molar-refractivity contribution in [2.24, 2.45) is 5.92 Å². The summed E-state index contributed by atoms with van der Waals surface area (Å²) < 4.78 is 0. The van der Waals surface area contributed by atoms with Crippen LogP contribution in [0.25, 0.3) is 0 Å². The van der Waals surface area contributed by atoms with Crippen LogP contribution in [-0.2, 0) is 0 Å². The lowest BCUT2D eigenvalue weighted by Crippen LogP contribution is -2.37. The van der Waals surface area contributed by atoms with Gasteiger partial charge in [0.15, 0.2) is 0 Å². The second kappa shape index (κ2) is 5.61. The van der Waals surface area contributed by atoms with Crippen molar-refractivity contribution in [1.29, 1.82) is 0 Å². The van der Waals surface area contributed by atoms with Gasteiger partial charge in [0.25, 0.3) is 0 Å². The standard InChI is InChI=1S/C11H23NO/c1-3-10-4-6-11(7-5-10)12-8-9(2)13/h9-13H,3-8H2,1-2H3/t9-,10?,11?/m1/s1. The van der Waals surface area contributed by atoms with Gasteiger partial charge in [-0.05, 0) is 38.5 Å². The highest BCUT2D eigenvalue weighted by atomic mass is 16.3. The Hall–Kier alpha value is -0.0800. The van der Waals surface area contributed by atoms with E-state index in [0.717, 1.165) is 12.5 Å². The smallest absolute Gasteiger partial charge is 0.0636 e. The van der Waals surface area contributed by atoms with Gasteiger partial charge in [0.1, 0.15) is 0 Å². The molecule has 1 aliphatic carbocycles. The highest BCUT2D eigenvalue weighted by Gasteiger charge is 2.19. The van der Waals surface area contributed by atoms with Crippen molar-refractivity contribution in [3.8, 4) is 0 Å². The molecule has 0 bridgehead atoms. The molecule has 2 nitrogen and oxygen atoms in total. The summed E-state index contributed by atoms with van der Waals surface area (Å²) >= 11 is 0. The van der Waals surface area contributed by atoms with E-state index in [0.29, 0.717) is 6.04 Å². The number of aliphatic hydroxyl groups excluding tert-OH is 1. The molecule has 0 radical (unpaired) electrons. The van der Waals surface area contributed by atoms with E-state index in [2.05, 4.69) is 12.2 Å². The first-order chi connectivity index (χ1) is 6.22. The molecule has 13 heavy (non-hydrogen) atoms. The summed E-state index contributed by atoms with van der Waals surface area (Å²) in [5.74, 6) is 0.963. The Morgan fingerprint density at radius 3 is 2.38 bits per heavy atom. The highest BCUT2D eigenvalue weighted by Crippen LogP contribution is 2.26. The van der Waals surface area contributed by atoms with E-state index in [1.165, 1.54) is 32.1 Å². The quantitative estimate of drug-likeness (QED) is 0.701. The monoisotopic (exact) mass is 185 g/mol. The van der Waals surface area contributed by atoms with E-state index >= 15 is 0 Å². The Labute approximate surface area is 81.7 Å². The second-order valence-corrected chi connectivity index (χ2v) is 4.38. The Kier molecular flexibility index (Phi) is 4.74. The van der Waals surface area contributed by atoms with Crippen LogP contribution in [0, 0.1) is 5.92 Å². The van der Waals surface area contributed by atoms with Crippen LogP contribution in [0.1, 0.15) is 46.0 Å². The van der Waals surface area contributed by atoms with Crippen LogP contribution in [0.2, 0.25) is 0 Å². The molecule has 0 heterocycles. The molecule has 0 amide bonds. The lowest BCUT2D eigenvalue weighted by atomic mass is 9.84. The maximum Gasteiger partial charge on any atom is 0.0636 e. The fraction of sp³-hybridized carbons (Fsp3) is 1.00. The van der Waals surface area contributed by atoms with E-state index in [9.17, 15) is 0 Å². The molecule has 1 fully saturated rings. The summed E-state index contributed by atoms with van der Waals surface area (Å²) in [7, 11) is 0. The third kappa shape index (κ3) is 4.10. The topological polar surface area (TPSA) is 32.3 Å². The van der Waals surface area contributed by atoms with Crippen LogP contribution in [0.15, 0.2) is 0 Å². The summed E-state index contributed by atoms with van der Waals surface area (Å²) in [5, 5.41) is 12.5. The number of aliphatic hydroxyl groups is 1. The van der Waals surface area contributed by atoms with Crippen LogP contribution in [0.4, 0.5) is 0 Å². The van der Waals surface area contributed by atoms with Gasteiger partial charge in [-0.2, -0.15) is 0 Å². The molecule has 78 valence electrons. The van der Waals surface area contributed by atoms with Gasteiger partial charge >= 0.3 is 0 Å². The molecule has 0 aromatic heterocycles. The molecule has 1 atom stereocenters. The van der Waals surface area contributed by atoms with Crippen molar-refractivity contribution in [3.05, 3.63) is 0 Å². The fourth-order valence-corrected chi connectivity index (χ4v) is 2.11. The highest BCUT2D eigenvalue weighted by molar-refractivity contribution is 4.76. The number of rotatable bonds is 4. The maximum atomic E-state index is 9.12. The summed E-state index contributed by atoms with van der Waals surface area (Å²) in [6.45, 7) is 4.88. The molecule has 0 aromatic carbocycles. The molecule has 1 aliphatic rings. The van der Waals surface area contributed by atoms with Crippen molar-refractivity contribution >= 4 is 0 Å². The van der Waals surface area contributed by atoms with Gasteiger partial charge in [-0.1, -0.05) is 13.3 Å². The molecular formula is C11H23NO. The van der Waals surface area contributed by atoms with E-state index in [1.54, 1.807) is 0 Å². The summed E-state index contributed by atoms with van der Waals surface area (Å²) in [4.78, 5) is 0. The van der Waals surface area contributed by atoms with Crippen molar-refractivity contribution in [1.82, 2.24) is 5.32 Å². The SMILES string of the molecule is CCC1CCC(NC[C@@H](C)O)CC1. The minimum atomic E-state index is -0.205. The molecule has 0 aliphatic heterocycles. The lowest BCUT2D eigenvalue weighted by Gasteiger charge is -2.28. The maximum absolute atomic E-state index is 9.12. The van der Waals surface area contributed by atoms with E-state index < -0.39 is 0 Å². The predicted octanol–water partition coefficient (Wildman–Crippen LogP) is 1.93. The zero-order chi connectivity index (χ0) is 9.68. The Balaban J connectivity index is 2.10. The second-order valence-electron chi connectivity index (χ2n) is 4.38. The van der Waals surface area contributed by atoms with E-state index in [4.69, 9.17) is 5.11 Å². The minimum Gasteiger partial charge on any atom is -0.392 e. The van der Waals surface area contributed by atoms with E-state index in [1.807, 2.05) is 6.92 Å². The minimum absolute atomic E-state index is 0.205. The molecule has 1 saturated carbocycles. The van der Waals surface area contributed by atoms with Gasteiger partial charge in [-0.15, -0.1) is 0 Å². The molecule has 0 unspecified atom stereocenters. The molecule has 2 heteroatoms. The average molecular weight is 185 g/mol. The van der Waals surface area contributed by atoms with Gasteiger partial charge in [-0.3, -0.25) is 0 Å². The van der Waals surface area contributed by atoms with Crippen LogP contribution < -0.4 is 5.32 Å². The molecule has 1 rings (SSSR count). The zero-order valence-electron chi connectivity index (χ0n) is 8.92. The van der Waals surface area contributed by atoms with Gasteiger partial charge < -0.3 is 10.4 Å². The average Bonchev–Trinajstić information content (AvgIpc) is 2.15. The third-order valence-electron chi connectivity index (χ3n) is 3.13. The summed E-state index contributed by atoms with van der Waals surface area (Å²) in [5.41, 5.74) is 0. The third-order valence-corrected chi connectivity index (χ3v) is 3.13. The molecule has 2 N–H and O–H groups in total. The first-order valence-electron chi connectivity index (χ1n) is 5.63. The van der Waals surface area contributed by atoms with Crippen molar-refractivity contribution in [2.45, 2.75) is 58.1 Å². The normalized spacial score (nSPS) is 31.6. The van der Waals surface area contributed by atoms with Crippen molar-refractivity contribution in [3.63, 3.8) is 0 Å². The fourth-order valence-electron chi connectivity index (χ4n) is 2.11. The first-order valence-corrected chi connectivity index (χ1v) is 5.63. The number of hydrogen-bond acceptors (Lipinski definition) is 2. The van der Waals surface area contributed by atoms with Gasteiger partial charge in [-0.25, -0.2) is 0 Å². The molecule has 0 saturated heterocycles. The Bertz CT molecular complexity index is 128. The van der Waals surface area contributed by atoms with E-state index in [-0.39, 0.29) is 6.10 Å². The first kappa shape index (κ1) is 11.0. The van der Waals surface area contributed by atoms with Crippen molar-refractivity contribution < 1.29 is 5.11 Å². The lowest BCUT2D eigenvalue weighted by molar-refractivity contribution is 0.177. The molecular weight excluding hydrogens is 162 g/mol. The number of nitrogens with one attached hydrogen (secondary N) is 1. The van der Waals surface area contributed by atoms with Gasteiger partial charge in [0.2, 0.25) is 0 Å². The van der Waals surface area contributed by atoms with Gasteiger partial charge in [0.05, 0.1) is 6.10 Å². The zero-order valence-corrected chi connectivity index (χ0v) is 8.92. The Morgan fingerprint density at radius 1 is 1.31 bits per heavy atom. The molecule has 0 aromatic rings.